The Kier molecular flexibility index (Phi) is 4.47. The van der Waals surface area contributed by atoms with Crippen molar-refractivity contribution in [1.82, 2.24) is 0 Å². The van der Waals surface area contributed by atoms with E-state index in [9.17, 15) is 9.90 Å². The Labute approximate surface area is 155 Å². The molecule has 0 spiro atoms. The molecule has 2 aromatic carbocycles. The third kappa shape index (κ3) is 3.48. The fourth-order valence-corrected chi connectivity index (χ4v) is 3.94. The molecule has 2 unspecified atom stereocenters. The van der Waals surface area contributed by atoms with Crippen LogP contribution in [0.4, 0.5) is 5.69 Å². The standard InChI is InChI=1S/C23H27NO2/c1-14(16-8-9-16)20-12-19(24-23(26)18-6-4-3-5-7-18)13-21(22(20)25)15(2)17-10-11-17/h3-7,12-17,25H,8-11H2,1-2H3,(H,24,26). The molecule has 2 aliphatic carbocycles. The van der Waals surface area contributed by atoms with Crippen molar-refractivity contribution in [3.8, 4) is 5.75 Å². The Morgan fingerprint density at radius 2 is 1.46 bits per heavy atom. The first-order valence-corrected chi connectivity index (χ1v) is 9.77. The first-order valence-electron chi connectivity index (χ1n) is 9.77. The summed E-state index contributed by atoms with van der Waals surface area (Å²) in [6, 6.07) is 13.2. The van der Waals surface area contributed by atoms with Gasteiger partial charge in [-0.3, -0.25) is 4.79 Å². The van der Waals surface area contributed by atoms with Gasteiger partial charge in [-0.05, 0) is 84.7 Å². The van der Waals surface area contributed by atoms with Crippen LogP contribution in [-0.4, -0.2) is 11.0 Å². The summed E-state index contributed by atoms with van der Waals surface area (Å²) in [5.74, 6) is 2.31. The van der Waals surface area contributed by atoms with Gasteiger partial charge in [-0.25, -0.2) is 0 Å². The number of rotatable bonds is 6. The number of benzene rings is 2. The molecule has 0 aromatic heterocycles. The molecule has 2 N–H and O–H groups in total. The molecule has 2 saturated carbocycles. The van der Waals surface area contributed by atoms with Crippen LogP contribution in [0.1, 0.15) is 72.9 Å². The van der Waals surface area contributed by atoms with E-state index >= 15 is 0 Å². The summed E-state index contributed by atoms with van der Waals surface area (Å²) in [7, 11) is 0. The monoisotopic (exact) mass is 349 g/mol. The smallest absolute Gasteiger partial charge is 0.255 e. The molecule has 136 valence electrons. The van der Waals surface area contributed by atoms with Gasteiger partial charge in [0.15, 0.2) is 0 Å². The molecule has 4 rings (SSSR count). The number of amides is 1. The Morgan fingerprint density at radius 1 is 0.962 bits per heavy atom. The highest BCUT2D eigenvalue weighted by Crippen LogP contribution is 2.50. The van der Waals surface area contributed by atoms with Crippen molar-refractivity contribution in [2.45, 2.75) is 51.4 Å². The second-order valence-electron chi connectivity index (χ2n) is 8.08. The van der Waals surface area contributed by atoms with Crippen LogP contribution in [-0.2, 0) is 0 Å². The lowest BCUT2D eigenvalue weighted by molar-refractivity contribution is 0.102. The van der Waals surface area contributed by atoms with Crippen molar-refractivity contribution in [3.05, 3.63) is 59.2 Å². The van der Waals surface area contributed by atoms with Crippen LogP contribution >= 0.6 is 0 Å². The number of hydrogen-bond acceptors (Lipinski definition) is 2. The van der Waals surface area contributed by atoms with Crippen LogP contribution in [0.15, 0.2) is 42.5 Å². The van der Waals surface area contributed by atoms with Gasteiger partial charge < -0.3 is 10.4 Å². The quantitative estimate of drug-likeness (QED) is 0.660. The maximum atomic E-state index is 12.6. The first-order chi connectivity index (χ1) is 12.5. The molecule has 2 aliphatic rings. The number of phenolic OH excluding ortho intramolecular Hbond substituents is 1. The van der Waals surface area contributed by atoms with Gasteiger partial charge in [0, 0.05) is 11.3 Å². The SMILES string of the molecule is CC(c1cc(NC(=O)c2ccccc2)cc(C(C)C2CC2)c1O)C1CC1. The molecule has 3 nitrogen and oxygen atoms in total. The average Bonchev–Trinajstić information content (AvgIpc) is 3.55. The molecule has 0 bridgehead atoms. The second kappa shape index (κ2) is 6.79. The third-order valence-corrected chi connectivity index (χ3v) is 6.10. The Bertz CT molecular complexity index is 767. The lowest BCUT2D eigenvalue weighted by Gasteiger charge is -2.21. The second-order valence-corrected chi connectivity index (χ2v) is 8.08. The van der Waals surface area contributed by atoms with E-state index in [1.165, 1.54) is 25.7 Å². The largest absolute Gasteiger partial charge is 0.507 e. The number of hydrogen-bond donors (Lipinski definition) is 2. The molecule has 1 amide bonds. The summed E-state index contributed by atoms with van der Waals surface area (Å²) in [6.07, 6.45) is 4.92. The number of carbonyl (C=O) groups is 1. The van der Waals surface area contributed by atoms with Gasteiger partial charge in [-0.1, -0.05) is 32.0 Å². The van der Waals surface area contributed by atoms with E-state index in [4.69, 9.17) is 0 Å². The zero-order valence-electron chi connectivity index (χ0n) is 15.5. The lowest BCUT2D eigenvalue weighted by atomic mass is 9.87. The summed E-state index contributed by atoms with van der Waals surface area (Å²) in [5.41, 5.74) is 3.41. The van der Waals surface area contributed by atoms with E-state index < -0.39 is 0 Å². The summed E-state index contributed by atoms with van der Waals surface area (Å²) in [5, 5.41) is 14.0. The first kappa shape index (κ1) is 17.1. The number of anilines is 1. The van der Waals surface area contributed by atoms with E-state index in [-0.39, 0.29) is 5.91 Å². The van der Waals surface area contributed by atoms with E-state index in [0.29, 0.717) is 35.0 Å². The summed E-state index contributed by atoms with van der Waals surface area (Å²) in [4.78, 5) is 12.6. The van der Waals surface area contributed by atoms with E-state index in [1.54, 1.807) is 0 Å². The minimum atomic E-state index is -0.105. The van der Waals surface area contributed by atoms with Crippen molar-refractivity contribution in [2.75, 3.05) is 5.32 Å². The topological polar surface area (TPSA) is 49.3 Å². The predicted octanol–water partition coefficient (Wildman–Crippen LogP) is 5.67. The van der Waals surface area contributed by atoms with Crippen molar-refractivity contribution >= 4 is 11.6 Å². The molecule has 2 aromatic rings. The lowest BCUT2D eigenvalue weighted by Crippen LogP contribution is -2.13. The van der Waals surface area contributed by atoms with Gasteiger partial charge >= 0.3 is 0 Å². The highest BCUT2D eigenvalue weighted by Gasteiger charge is 2.34. The van der Waals surface area contributed by atoms with Crippen LogP contribution in [0.5, 0.6) is 5.75 Å². The van der Waals surface area contributed by atoms with Crippen molar-refractivity contribution in [2.24, 2.45) is 11.8 Å². The minimum absolute atomic E-state index is 0.105. The molecule has 0 heterocycles. The summed E-state index contributed by atoms with van der Waals surface area (Å²) >= 11 is 0. The fourth-order valence-electron chi connectivity index (χ4n) is 3.94. The zero-order valence-corrected chi connectivity index (χ0v) is 15.5. The van der Waals surface area contributed by atoms with Gasteiger partial charge in [-0.2, -0.15) is 0 Å². The molecule has 3 heteroatoms. The van der Waals surface area contributed by atoms with Crippen molar-refractivity contribution < 1.29 is 9.90 Å². The molecule has 2 atom stereocenters. The molecule has 0 saturated heterocycles. The van der Waals surface area contributed by atoms with Gasteiger partial charge in [0.05, 0.1) is 0 Å². The minimum Gasteiger partial charge on any atom is -0.507 e. The summed E-state index contributed by atoms with van der Waals surface area (Å²) < 4.78 is 0. The number of aromatic hydroxyl groups is 1. The third-order valence-electron chi connectivity index (χ3n) is 6.10. The Morgan fingerprint density at radius 3 is 1.92 bits per heavy atom. The molecular weight excluding hydrogens is 322 g/mol. The normalized spacial score (nSPS) is 19.0. The van der Waals surface area contributed by atoms with Crippen LogP contribution in [0.3, 0.4) is 0 Å². The van der Waals surface area contributed by atoms with Gasteiger partial charge in [0.2, 0.25) is 0 Å². The van der Waals surface area contributed by atoms with E-state index in [1.807, 2.05) is 42.5 Å². The van der Waals surface area contributed by atoms with Gasteiger partial charge in [0.25, 0.3) is 5.91 Å². The predicted molar refractivity (Wildman–Crippen MR) is 105 cm³/mol. The van der Waals surface area contributed by atoms with E-state index in [2.05, 4.69) is 19.2 Å². The van der Waals surface area contributed by atoms with E-state index in [0.717, 1.165) is 16.8 Å². The molecular formula is C23H27NO2. The average molecular weight is 349 g/mol. The van der Waals surface area contributed by atoms with Crippen LogP contribution in [0.2, 0.25) is 0 Å². The Balaban J connectivity index is 1.67. The Hall–Kier alpha value is -2.29. The van der Waals surface area contributed by atoms with Crippen LogP contribution < -0.4 is 5.32 Å². The molecule has 0 radical (unpaired) electrons. The molecule has 2 fully saturated rings. The van der Waals surface area contributed by atoms with Crippen molar-refractivity contribution in [1.29, 1.82) is 0 Å². The van der Waals surface area contributed by atoms with Crippen LogP contribution in [0, 0.1) is 11.8 Å². The number of phenols is 1. The maximum Gasteiger partial charge on any atom is 0.255 e. The molecule has 0 aliphatic heterocycles. The molecule has 26 heavy (non-hydrogen) atoms. The number of carbonyl (C=O) groups excluding carboxylic acids is 1. The van der Waals surface area contributed by atoms with Gasteiger partial charge in [-0.15, -0.1) is 0 Å². The number of nitrogens with one attached hydrogen (secondary N) is 1. The zero-order chi connectivity index (χ0) is 18.3. The highest BCUT2D eigenvalue weighted by molar-refractivity contribution is 6.04. The fraction of sp³-hybridized carbons (Fsp3) is 0.435. The van der Waals surface area contributed by atoms with Gasteiger partial charge in [0.1, 0.15) is 5.75 Å². The maximum absolute atomic E-state index is 12.6. The highest BCUT2D eigenvalue weighted by atomic mass is 16.3. The van der Waals surface area contributed by atoms with Crippen LogP contribution in [0.25, 0.3) is 0 Å². The van der Waals surface area contributed by atoms with Crippen molar-refractivity contribution in [3.63, 3.8) is 0 Å². The summed E-state index contributed by atoms with van der Waals surface area (Å²) in [6.45, 7) is 4.39.